The fourth-order valence-electron chi connectivity index (χ4n) is 4.17. The van der Waals surface area contributed by atoms with Crippen molar-refractivity contribution < 1.29 is 14.0 Å². The summed E-state index contributed by atoms with van der Waals surface area (Å²) in [6, 6.07) is 6.12. The average molecular weight is 289 g/mol. The maximum absolute atomic E-state index is 13.7. The molecular weight excluding hydrogens is 269 g/mol. The number of hydrogen-bond acceptors (Lipinski definition) is 2. The van der Waals surface area contributed by atoms with Gasteiger partial charge in [-0.05, 0) is 30.4 Å². The summed E-state index contributed by atoms with van der Waals surface area (Å²) in [6.07, 6.45) is 1.67. The summed E-state index contributed by atoms with van der Waals surface area (Å²) in [7, 11) is 0. The van der Waals surface area contributed by atoms with E-state index in [0.29, 0.717) is 6.42 Å². The molecule has 21 heavy (non-hydrogen) atoms. The zero-order valence-corrected chi connectivity index (χ0v) is 12.6. The third-order valence-electron chi connectivity index (χ3n) is 6.26. The molecule has 1 aromatic rings. The topological polar surface area (TPSA) is 46.2 Å². The standard InChI is InChI=1S/C17H20FNO2/c1-15(2)16(3)8-9-17(15,10-13(16)20)14(21)19-12-7-5-4-6-11(12)18/h4-7H,8-10H2,1-3H3,(H,19,21)/t16-,17+/m1/s1. The third-order valence-corrected chi connectivity index (χ3v) is 6.26. The van der Waals surface area contributed by atoms with Crippen LogP contribution in [0, 0.1) is 22.1 Å². The summed E-state index contributed by atoms with van der Waals surface area (Å²) in [6.45, 7) is 5.94. The van der Waals surface area contributed by atoms with Gasteiger partial charge in [0.05, 0.1) is 11.1 Å². The summed E-state index contributed by atoms with van der Waals surface area (Å²) in [4.78, 5) is 25.2. The van der Waals surface area contributed by atoms with Crippen LogP contribution in [-0.2, 0) is 9.59 Å². The van der Waals surface area contributed by atoms with Crippen LogP contribution in [0.25, 0.3) is 0 Å². The second kappa shape index (κ2) is 4.15. The number of nitrogens with one attached hydrogen (secondary N) is 1. The van der Waals surface area contributed by atoms with Crippen LogP contribution in [0.3, 0.4) is 0 Å². The Bertz CT molecular complexity index is 639. The van der Waals surface area contributed by atoms with Crippen molar-refractivity contribution in [1.82, 2.24) is 0 Å². The number of halogens is 1. The zero-order valence-electron chi connectivity index (χ0n) is 12.6. The van der Waals surface area contributed by atoms with E-state index in [-0.39, 0.29) is 23.8 Å². The molecule has 2 atom stereocenters. The smallest absolute Gasteiger partial charge is 0.231 e. The average Bonchev–Trinajstić information content (AvgIpc) is 2.72. The Morgan fingerprint density at radius 3 is 2.38 bits per heavy atom. The Hall–Kier alpha value is -1.71. The lowest BCUT2D eigenvalue weighted by Crippen LogP contribution is -2.43. The first kappa shape index (κ1) is 14.2. The number of Topliss-reactive ketones (excluding diaryl/α,β-unsaturated/α-hetero) is 1. The van der Waals surface area contributed by atoms with Crippen LogP contribution >= 0.6 is 0 Å². The van der Waals surface area contributed by atoms with Crippen LogP contribution in [0.1, 0.15) is 40.0 Å². The molecular formula is C17H20FNO2. The Balaban J connectivity index is 1.96. The number of para-hydroxylation sites is 1. The van der Waals surface area contributed by atoms with Crippen molar-refractivity contribution in [1.29, 1.82) is 0 Å². The van der Waals surface area contributed by atoms with Gasteiger partial charge in [-0.15, -0.1) is 0 Å². The van der Waals surface area contributed by atoms with Gasteiger partial charge in [-0.25, -0.2) is 4.39 Å². The van der Waals surface area contributed by atoms with Gasteiger partial charge in [0.2, 0.25) is 5.91 Å². The molecule has 0 unspecified atom stereocenters. The number of anilines is 1. The van der Waals surface area contributed by atoms with E-state index >= 15 is 0 Å². The molecule has 3 nitrogen and oxygen atoms in total. The van der Waals surface area contributed by atoms with Gasteiger partial charge in [0, 0.05) is 11.8 Å². The largest absolute Gasteiger partial charge is 0.323 e. The van der Waals surface area contributed by atoms with Gasteiger partial charge in [0.25, 0.3) is 0 Å². The van der Waals surface area contributed by atoms with Crippen LogP contribution in [0.2, 0.25) is 0 Å². The van der Waals surface area contributed by atoms with Crippen LogP contribution < -0.4 is 5.32 Å². The molecule has 0 spiro atoms. The molecule has 0 saturated heterocycles. The SMILES string of the molecule is CC1(C)[C@@]2(C(=O)Nc3ccccc3F)CC[C@]1(C)C(=O)C2. The second-order valence-corrected chi connectivity index (χ2v) is 7.07. The van der Waals surface area contributed by atoms with Crippen LogP contribution in [0.15, 0.2) is 24.3 Å². The Kier molecular flexibility index (Phi) is 2.81. The van der Waals surface area contributed by atoms with E-state index in [0.717, 1.165) is 6.42 Å². The Labute approximate surface area is 123 Å². The molecule has 0 aromatic heterocycles. The molecule has 1 N–H and O–H groups in total. The molecule has 2 fully saturated rings. The minimum Gasteiger partial charge on any atom is -0.323 e. The van der Waals surface area contributed by atoms with Crippen molar-refractivity contribution in [2.75, 3.05) is 5.32 Å². The van der Waals surface area contributed by atoms with Gasteiger partial charge in [-0.1, -0.05) is 32.9 Å². The van der Waals surface area contributed by atoms with Crippen LogP contribution in [-0.4, -0.2) is 11.7 Å². The summed E-state index contributed by atoms with van der Waals surface area (Å²) in [5.74, 6) is -0.528. The van der Waals surface area contributed by atoms with E-state index in [2.05, 4.69) is 5.32 Å². The van der Waals surface area contributed by atoms with Crippen LogP contribution in [0.5, 0.6) is 0 Å². The molecule has 4 heteroatoms. The van der Waals surface area contributed by atoms with Gasteiger partial charge in [0.1, 0.15) is 11.6 Å². The zero-order chi connectivity index (χ0) is 15.5. The lowest BCUT2D eigenvalue weighted by atomic mass is 9.64. The normalized spacial score (nSPS) is 33.2. The maximum Gasteiger partial charge on any atom is 0.231 e. The highest BCUT2D eigenvalue weighted by Crippen LogP contribution is 2.70. The van der Waals surface area contributed by atoms with Gasteiger partial charge in [0.15, 0.2) is 0 Å². The predicted octanol–water partition coefficient (Wildman–Crippen LogP) is 3.55. The number of carbonyl (C=O) groups excluding carboxylic acids is 2. The molecule has 0 aliphatic heterocycles. The summed E-state index contributed by atoms with van der Waals surface area (Å²) < 4.78 is 13.7. The molecule has 112 valence electrons. The lowest BCUT2D eigenvalue weighted by molar-refractivity contribution is -0.131. The second-order valence-electron chi connectivity index (χ2n) is 7.07. The van der Waals surface area contributed by atoms with Gasteiger partial charge < -0.3 is 5.32 Å². The van der Waals surface area contributed by atoms with E-state index in [1.165, 1.54) is 6.07 Å². The van der Waals surface area contributed by atoms with E-state index in [1.807, 2.05) is 20.8 Å². The minimum atomic E-state index is -0.721. The van der Waals surface area contributed by atoms with Crippen molar-refractivity contribution in [2.45, 2.75) is 40.0 Å². The summed E-state index contributed by atoms with van der Waals surface area (Å²) in [5, 5.41) is 2.70. The molecule has 0 heterocycles. The molecule has 1 amide bonds. The first-order chi connectivity index (χ1) is 9.74. The number of benzene rings is 1. The molecule has 0 radical (unpaired) electrons. The number of amides is 1. The van der Waals surface area contributed by atoms with Crippen molar-refractivity contribution in [2.24, 2.45) is 16.2 Å². The lowest BCUT2D eigenvalue weighted by Gasteiger charge is -2.38. The highest BCUT2D eigenvalue weighted by molar-refractivity contribution is 6.04. The van der Waals surface area contributed by atoms with Crippen molar-refractivity contribution in [3.8, 4) is 0 Å². The van der Waals surface area contributed by atoms with E-state index in [1.54, 1.807) is 18.2 Å². The Morgan fingerprint density at radius 1 is 1.19 bits per heavy atom. The minimum absolute atomic E-state index is 0.155. The fraction of sp³-hybridized carbons (Fsp3) is 0.529. The van der Waals surface area contributed by atoms with Gasteiger partial charge >= 0.3 is 0 Å². The molecule has 3 rings (SSSR count). The quantitative estimate of drug-likeness (QED) is 0.905. The molecule has 2 aliphatic rings. The highest BCUT2D eigenvalue weighted by atomic mass is 19.1. The first-order valence-corrected chi connectivity index (χ1v) is 7.34. The summed E-state index contributed by atoms with van der Waals surface area (Å²) >= 11 is 0. The van der Waals surface area contributed by atoms with Crippen molar-refractivity contribution in [3.05, 3.63) is 30.1 Å². The Morgan fingerprint density at radius 2 is 1.86 bits per heavy atom. The molecule has 2 aliphatic carbocycles. The highest BCUT2D eigenvalue weighted by Gasteiger charge is 2.72. The molecule has 1 aromatic carbocycles. The maximum atomic E-state index is 13.7. The molecule has 2 bridgehead atoms. The van der Waals surface area contributed by atoms with Crippen molar-refractivity contribution >= 4 is 17.4 Å². The number of ketones is 1. The fourth-order valence-corrected chi connectivity index (χ4v) is 4.17. The van der Waals surface area contributed by atoms with Crippen LogP contribution in [0.4, 0.5) is 10.1 Å². The predicted molar refractivity (Wildman–Crippen MR) is 78.2 cm³/mol. The van der Waals surface area contributed by atoms with E-state index < -0.39 is 22.1 Å². The number of hydrogen-bond donors (Lipinski definition) is 1. The first-order valence-electron chi connectivity index (χ1n) is 7.34. The third kappa shape index (κ3) is 1.59. The number of rotatable bonds is 2. The van der Waals surface area contributed by atoms with Gasteiger partial charge in [-0.2, -0.15) is 0 Å². The number of carbonyl (C=O) groups is 2. The van der Waals surface area contributed by atoms with Crippen molar-refractivity contribution in [3.63, 3.8) is 0 Å². The van der Waals surface area contributed by atoms with E-state index in [9.17, 15) is 14.0 Å². The van der Waals surface area contributed by atoms with E-state index in [4.69, 9.17) is 0 Å². The summed E-state index contributed by atoms with van der Waals surface area (Å²) in [5.41, 5.74) is -1.40. The monoisotopic (exact) mass is 289 g/mol. The molecule has 2 saturated carbocycles. The van der Waals surface area contributed by atoms with Gasteiger partial charge in [-0.3, -0.25) is 9.59 Å². The number of fused-ring (bicyclic) bond motifs is 2.